The van der Waals surface area contributed by atoms with Gasteiger partial charge in [0.15, 0.2) is 0 Å². The smallest absolute Gasteiger partial charge is 0.440 e. The monoisotopic (exact) mass is 714 g/mol. The number of anilines is 1. The molecule has 1 N–H and O–H groups in total. The largest absolute Gasteiger partial charge is 0.497 e. The van der Waals surface area contributed by atoms with Gasteiger partial charge in [-0.3, -0.25) is 4.79 Å². The van der Waals surface area contributed by atoms with E-state index in [1.54, 1.807) is 67.5 Å². The van der Waals surface area contributed by atoms with Crippen LogP contribution >= 0.6 is 11.9 Å². The molecule has 0 radical (unpaired) electrons. The Morgan fingerprint density at radius 2 is 1.44 bits per heavy atom. The van der Waals surface area contributed by atoms with Crippen molar-refractivity contribution in [2.24, 2.45) is 4.99 Å². The molecule has 2 aliphatic heterocycles. The molecule has 0 bridgehead atoms. The van der Waals surface area contributed by atoms with Gasteiger partial charge in [0.25, 0.3) is 11.6 Å². The predicted molar refractivity (Wildman–Crippen MR) is 182 cm³/mol. The average molecular weight is 715 g/mol. The summed E-state index contributed by atoms with van der Waals surface area (Å²) in [6, 6.07) is 14.0. The van der Waals surface area contributed by atoms with Gasteiger partial charge in [0, 0.05) is 5.56 Å². The number of nitrogens with zero attached hydrogens (tertiary/aromatic N) is 5. The highest BCUT2D eigenvalue weighted by molar-refractivity contribution is 8.12. The summed E-state index contributed by atoms with van der Waals surface area (Å²) in [6.45, 7) is 12.8. The summed E-state index contributed by atoms with van der Waals surface area (Å²) >= 11 is 0.385. The third-order valence-electron chi connectivity index (χ3n) is 6.77. The maximum absolute atomic E-state index is 14.9. The third kappa shape index (κ3) is 7.98. The van der Waals surface area contributed by atoms with Crippen LogP contribution in [-0.4, -0.2) is 81.4 Å². The summed E-state index contributed by atoms with van der Waals surface area (Å²) < 4.78 is 27.8. The molecule has 4 rings (SSSR count). The van der Waals surface area contributed by atoms with Crippen LogP contribution in [0.1, 0.15) is 66.5 Å². The summed E-state index contributed by atoms with van der Waals surface area (Å²) in [5.74, 6) is -0.408. The molecule has 2 aromatic rings. The zero-order valence-corrected chi connectivity index (χ0v) is 30.2. The highest BCUT2D eigenvalue weighted by Gasteiger charge is 2.66. The molecule has 270 valence electrons. The Labute approximate surface area is 294 Å². The lowest BCUT2D eigenvalue weighted by Crippen LogP contribution is -2.59. The number of nitrogens with one attached hydrogen (secondary N) is 1. The van der Waals surface area contributed by atoms with E-state index in [0.717, 1.165) is 10.6 Å². The van der Waals surface area contributed by atoms with Crippen LogP contribution in [-0.2, 0) is 35.9 Å². The molecule has 2 heterocycles. The summed E-state index contributed by atoms with van der Waals surface area (Å²) in [5.41, 5.74) is 1.26. The van der Waals surface area contributed by atoms with Gasteiger partial charge in [-0.2, -0.15) is 10.0 Å². The standard InChI is InChI=1S/C33H42N6O10S/c1-19(2)46-29(41)35-39(32(44)49-22(7)8)50-28-34-33(38(31(43)48-21(5)6)37(28)30(42)47-20(3)4)25-17-24(45-9)15-16-26(25)36(27(33)40)18-23-13-11-10-12-14-23/h10-17,19-22H,18H2,1-9H3,(H,35,41). The number of carbonyl (C=O) groups is 5. The number of hydrazine groups is 2. The molecule has 2 aromatic carbocycles. The minimum Gasteiger partial charge on any atom is -0.497 e. The Morgan fingerprint density at radius 3 is 2.02 bits per heavy atom. The van der Waals surface area contributed by atoms with E-state index in [1.807, 2.05) is 30.3 Å². The van der Waals surface area contributed by atoms with Crippen LogP contribution in [0.15, 0.2) is 53.5 Å². The fourth-order valence-electron chi connectivity index (χ4n) is 4.96. The van der Waals surface area contributed by atoms with Crippen LogP contribution < -0.4 is 15.1 Å². The van der Waals surface area contributed by atoms with E-state index in [4.69, 9.17) is 28.7 Å². The molecule has 0 aliphatic carbocycles. The molecule has 1 atom stereocenters. The van der Waals surface area contributed by atoms with E-state index < -0.39 is 65.5 Å². The number of hydrogen-bond donors (Lipinski definition) is 1. The van der Waals surface area contributed by atoms with Gasteiger partial charge >= 0.3 is 24.4 Å². The first-order chi connectivity index (χ1) is 23.6. The van der Waals surface area contributed by atoms with Crippen molar-refractivity contribution >= 4 is 53.1 Å². The number of amides is 5. The minimum atomic E-state index is -2.31. The number of benzene rings is 2. The van der Waals surface area contributed by atoms with Gasteiger partial charge in [0.1, 0.15) is 5.75 Å². The summed E-state index contributed by atoms with van der Waals surface area (Å²) in [6.07, 6.45) is -6.97. The summed E-state index contributed by atoms with van der Waals surface area (Å²) in [7, 11) is 1.43. The highest BCUT2D eigenvalue weighted by atomic mass is 32.2. The lowest BCUT2D eigenvalue weighted by molar-refractivity contribution is -0.134. The van der Waals surface area contributed by atoms with Crippen LogP contribution in [0.2, 0.25) is 0 Å². The second-order valence-electron chi connectivity index (χ2n) is 12.2. The molecule has 5 amide bonds. The second kappa shape index (κ2) is 15.6. The van der Waals surface area contributed by atoms with Crippen molar-refractivity contribution in [2.45, 2.75) is 92.0 Å². The molecule has 16 nitrogen and oxygen atoms in total. The molecule has 1 spiro atoms. The van der Waals surface area contributed by atoms with Gasteiger partial charge in [-0.15, -0.1) is 4.41 Å². The van der Waals surface area contributed by atoms with Crippen molar-refractivity contribution in [1.29, 1.82) is 0 Å². The maximum Gasteiger partial charge on any atom is 0.440 e. The van der Waals surface area contributed by atoms with Crippen molar-refractivity contribution in [3.05, 3.63) is 59.7 Å². The molecule has 0 saturated heterocycles. The minimum absolute atomic E-state index is 0.0672. The number of fused-ring (bicyclic) bond motifs is 2. The zero-order chi connectivity index (χ0) is 36.9. The second-order valence-corrected chi connectivity index (χ2v) is 13.1. The molecule has 1 unspecified atom stereocenters. The van der Waals surface area contributed by atoms with Crippen LogP contribution in [0, 0.1) is 0 Å². The van der Waals surface area contributed by atoms with E-state index in [0.29, 0.717) is 32.8 Å². The zero-order valence-electron chi connectivity index (χ0n) is 29.4. The first kappa shape index (κ1) is 37.6. The van der Waals surface area contributed by atoms with Gasteiger partial charge in [0.2, 0.25) is 5.17 Å². The average Bonchev–Trinajstić information content (AvgIpc) is 3.48. The molecule has 2 aliphatic rings. The van der Waals surface area contributed by atoms with E-state index in [9.17, 15) is 24.0 Å². The predicted octanol–water partition coefficient (Wildman–Crippen LogP) is 5.92. The molecular weight excluding hydrogens is 672 g/mol. The van der Waals surface area contributed by atoms with Crippen LogP contribution in [0.3, 0.4) is 0 Å². The van der Waals surface area contributed by atoms with Gasteiger partial charge in [-0.1, -0.05) is 30.3 Å². The summed E-state index contributed by atoms with van der Waals surface area (Å²) in [4.78, 5) is 75.3. The highest BCUT2D eigenvalue weighted by Crippen LogP contribution is 2.51. The maximum atomic E-state index is 14.9. The van der Waals surface area contributed by atoms with Crippen molar-refractivity contribution in [3.8, 4) is 5.75 Å². The first-order valence-corrected chi connectivity index (χ1v) is 16.7. The SMILES string of the molecule is COc1ccc2c(c1)C1(N=C(SN(NC(=O)OC(C)C)C(=O)OC(C)C)N(C(=O)OC(C)C)N1C(=O)OC(C)C)C(=O)N2Cc1ccccc1. The van der Waals surface area contributed by atoms with E-state index >= 15 is 0 Å². The van der Waals surface area contributed by atoms with E-state index in [2.05, 4.69) is 5.43 Å². The van der Waals surface area contributed by atoms with Crippen LogP contribution in [0.4, 0.5) is 24.9 Å². The number of hydrogen-bond acceptors (Lipinski definition) is 12. The number of rotatable bonds is 7. The van der Waals surface area contributed by atoms with Crippen molar-refractivity contribution in [2.75, 3.05) is 12.0 Å². The Morgan fingerprint density at radius 1 is 0.840 bits per heavy atom. The van der Waals surface area contributed by atoms with Crippen molar-refractivity contribution < 1.29 is 47.7 Å². The van der Waals surface area contributed by atoms with E-state index in [1.165, 1.54) is 18.1 Å². The molecule has 0 saturated carbocycles. The molecule has 0 fully saturated rings. The lowest BCUT2D eigenvalue weighted by Gasteiger charge is -2.35. The number of methoxy groups -OCH3 is 1. The fourth-order valence-corrected chi connectivity index (χ4v) is 5.77. The normalized spacial score (nSPS) is 16.6. The molecule has 50 heavy (non-hydrogen) atoms. The third-order valence-corrected chi connectivity index (χ3v) is 7.62. The van der Waals surface area contributed by atoms with Gasteiger partial charge < -0.3 is 28.6 Å². The van der Waals surface area contributed by atoms with E-state index in [-0.39, 0.29) is 12.1 Å². The van der Waals surface area contributed by atoms with Crippen LogP contribution in [0.5, 0.6) is 5.75 Å². The Hall–Kier alpha value is -5.19. The van der Waals surface area contributed by atoms with Crippen molar-refractivity contribution in [1.82, 2.24) is 19.9 Å². The Kier molecular flexibility index (Phi) is 11.7. The number of carbonyl (C=O) groups excluding carboxylic acids is 5. The summed E-state index contributed by atoms with van der Waals surface area (Å²) in [5, 5.41) is 1.03. The molecular formula is C33H42N6O10S. The number of aliphatic imine (C=N–C) groups is 1. The molecule has 0 aromatic heterocycles. The number of amidine groups is 1. The molecule has 17 heteroatoms. The van der Waals surface area contributed by atoms with Crippen LogP contribution in [0.25, 0.3) is 0 Å². The fraction of sp³-hybridized carbons (Fsp3) is 0.455. The topological polar surface area (TPSA) is 169 Å². The Bertz CT molecular complexity index is 1640. The quantitative estimate of drug-likeness (QED) is 0.205. The first-order valence-electron chi connectivity index (χ1n) is 15.9. The van der Waals surface area contributed by atoms with Gasteiger partial charge in [0.05, 0.1) is 55.7 Å². The van der Waals surface area contributed by atoms with Gasteiger partial charge in [-0.05, 0) is 79.2 Å². The van der Waals surface area contributed by atoms with Crippen molar-refractivity contribution in [3.63, 3.8) is 0 Å². The lowest BCUT2D eigenvalue weighted by atomic mass is 10.0. The van der Waals surface area contributed by atoms with Gasteiger partial charge in [-0.25, -0.2) is 29.6 Å². The number of ether oxygens (including phenoxy) is 5. The Balaban J connectivity index is 1.98.